The molecule has 2 N–H and O–H groups in total. The van der Waals surface area contributed by atoms with Crippen molar-refractivity contribution >= 4 is 21.8 Å². The zero-order valence-corrected chi connectivity index (χ0v) is 13.3. The topological polar surface area (TPSA) is 67.4 Å². The SMILES string of the molecule is COc1cc2c(Oc3ccc4[nH]c(C)cc4c3)ccnc2cc1O. The van der Waals surface area contributed by atoms with E-state index in [2.05, 4.69) is 16.0 Å². The van der Waals surface area contributed by atoms with Gasteiger partial charge in [-0.1, -0.05) is 0 Å². The molecule has 0 bridgehead atoms. The Labute approximate surface area is 138 Å². The number of hydrogen-bond acceptors (Lipinski definition) is 4. The fourth-order valence-corrected chi connectivity index (χ4v) is 2.84. The Morgan fingerprint density at radius 1 is 1.04 bits per heavy atom. The van der Waals surface area contributed by atoms with Gasteiger partial charge in [0.25, 0.3) is 0 Å². The number of fused-ring (bicyclic) bond motifs is 2. The number of ether oxygens (including phenoxy) is 2. The molecule has 2 aromatic carbocycles. The van der Waals surface area contributed by atoms with Crippen molar-refractivity contribution in [2.45, 2.75) is 6.92 Å². The second kappa shape index (κ2) is 5.45. The fraction of sp³-hybridized carbons (Fsp3) is 0.105. The Bertz CT molecular complexity index is 1050. The number of methoxy groups -OCH3 is 1. The van der Waals surface area contributed by atoms with Crippen molar-refractivity contribution in [1.82, 2.24) is 9.97 Å². The van der Waals surface area contributed by atoms with E-state index in [0.717, 1.165) is 27.7 Å². The van der Waals surface area contributed by atoms with E-state index >= 15 is 0 Å². The number of rotatable bonds is 3. The molecule has 4 rings (SSSR count). The molecule has 0 fully saturated rings. The van der Waals surface area contributed by atoms with Gasteiger partial charge in [-0.3, -0.25) is 4.98 Å². The molecule has 5 nitrogen and oxygen atoms in total. The van der Waals surface area contributed by atoms with E-state index in [1.807, 2.05) is 25.1 Å². The number of pyridine rings is 1. The van der Waals surface area contributed by atoms with Gasteiger partial charge >= 0.3 is 0 Å². The Morgan fingerprint density at radius 2 is 1.92 bits per heavy atom. The van der Waals surface area contributed by atoms with Gasteiger partial charge in [-0.2, -0.15) is 0 Å². The second-order valence-corrected chi connectivity index (χ2v) is 5.65. The standard InChI is InChI=1S/C19H16N2O3/c1-11-7-12-8-13(3-4-15(12)21-11)24-18-5-6-20-16-10-17(22)19(23-2)9-14(16)18/h3-10,21-22H,1-2H3. The first-order valence-corrected chi connectivity index (χ1v) is 7.57. The molecular weight excluding hydrogens is 304 g/mol. The first-order valence-electron chi connectivity index (χ1n) is 7.57. The van der Waals surface area contributed by atoms with Crippen molar-refractivity contribution in [2.24, 2.45) is 0 Å². The lowest BCUT2D eigenvalue weighted by molar-refractivity contribution is 0.374. The number of aromatic amines is 1. The van der Waals surface area contributed by atoms with Gasteiger partial charge in [-0.15, -0.1) is 0 Å². The monoisotopic (exact) mass is 320 g/mol. The molecule has 4 aromatic rings. The molecule has 0 aliphatic rings. The summed E-state index contributed by atoms with van der Waals surface area (Å²) in [5.41, 5.74) is 2.83. The summed E-state index contributed by atoms with van der Waals surface area (Å²) in [7, 11) is 1.51. The van der Waals surface area contributed by atoms with Crippen LogP contribution in [0.2, 0.25) is 0 Å². The number of phenolic OH excluding ortho intramolecular Hbond substituents is 1. The van der Waals surface area contributed by atoms with E-state index in [9.17, 15) is 5.11 Å². The van der Waals surface area contributed by atoms with Gasteiger partial charge in [0.15, 0.2) is 11.5 Å². The molecule has 0 spiro atoms. The third-order valence-electron chi connectivity index (χ3n) is 3.96. The zero-order valence-electron chi connectivity index (χ0n) is 13.3. The van der Waals surface area contributed by atoms with Gasteiger partial charge in [0.1, 0.15) is 11.5 Å². The van der Waals surface area contributed by atoms with E-state index in [1.165, 1.54) is 7.11 Å². The minimum absolute atomic E-state index is 0.0545. The van der Waals surface area contributed by atoms with E-state index in [0.29, 0.717) is 17.0 Å². The Balaban J connectivity index is 1.80. The maximum Gasteiger partial charge on any atom is 0.161 e. The average molecular weight is 320 g/mol. The van der Waals surface area contributed by atoms with E-state index in [-0.39, 0.29) is 5.75 Å². The lowest BCUT2D eigenvalue weighted by atomic mass is 10.2. The van der Waals surface area contributed by atoms with Gasteiger partial charge in [0.05, 0.1) is 12.6 Å². The molecule has 5 heteroatoms. The number of nitrogens with one attached hydrogen (secondary N) is 1. The maximum atomic E-state index is 9.90. The summed E-state index contributed by atoms with van der Waals surface area (Å²) in [6.07, 6.45) is 1.66. The van der Waals surface area contributed by atoms with Crippen molar-refractivity contribution in [1.29, 1.82) is 0 Å². The highest BCUT2D eigenvalue weighted by molar-refractivity contribution is 5.88. The summed E-state index contributed by atoms with van der Waals surface area (Å²) in [6, 6.07) is 13.1. The van der Waals surface area contributed by atoms with Crippen molar-refractivity contribution < 1.29 is 14.6 Å². The summed E-state index contributed by atoms with van der Waals surface area (Å²) in [4.78, 5) is 7.56. The van der Waals surface area contributed by atoms with Gasteiger partial charge in [0.2, 0.25) is 0 Å². The Kier molecular flexibility index (Phi) is 3.27. The van der Waals surface area contributed by atoms with Gasteiger partial charge < -0.3 is 19.6 Å². The van der Waals surface area contributed by atoms with Crippen LogP contribution in [-0.4, -0.2) is 22.2 Å². The van der Waals surface area contributed by atoms with Crippen LogP contribution in [0.5, 0.6) is 23.0 Å². The number of phenols is 1. The van der Waals surface area contributed by atoms with Gasteiger partial charge in [-0.05, 0) is 43.3 Å². The summed E-state index contributed by atoms with van der Waals surface area (Å²) >= 11 is 0. The Morgan fingerprint density at radius 3 is 2.75 bits per heavy atom. The van der Waals surface area contributed by atoms with Crippen LogP contribution in [0.15, 0.2) is 48.7 Å². The van der Waals surface area contributed by atoms with Crippen LogP contribution in [0.4, 0.5) is 0 Å². The zero-order chi connectivity index (χ0) is 16.7. The molecule has 0 unspecified atom stereocenters. The number of aromatic hydroxyl groups is 1. The van der Waals surface area contributed by atoms with Crippen LogP contribution in [0.3, 0.4) is 0 Å². The fourth-order valence-electron chi connectivity index (χ4n) is 2.84. The average Bonchev–Trinajstić information content (AvgIpc) is 2.94. The van der Waals surface area contributed by atoms with E-state index in [4.69, 9.17) is 9.47 Å². The normalized spacial score (nSPS) is 11.1. The van der Waals surface area contributed by atoms with Crippen LogP contribution < -0.4 is 9.47 Å². The third kappa shape index (κ3) is 2.40. The number of nitrogens with zero attached hydrogens (tertiary/aromatic N) is 1. The quantitative estimate of drug-likeness (QED) is 0.582. The molecule has 24 heavy (non-hydrogen) atoms. The highest BCUT2D eigenvalue weighted by atomic mass is 16.5. The predicted octanol–water partition coefficient (Wildman–Crippen LogP) is 4.53. The van der Waals surface area contributed by atoms with Crippen LogP contribution in [0.25, 0.3) is 21.8 Å². The number of aryl methyl sites for hydroxylation is 1. The van der Waals surface area contributed by atoms with Crippen molar-refractivity contribution in [3.63, 3.8) is 0 Å². The van der Waals surface area contributed by atoms with Crippen LogP contribution in [0, 0.1) is 6.92 Å². The third-order valence-corrected chi connectivity index (χ3v) is 3.96. The minimum Gasteiger partial charge on any atom is -0.504 e. The maximum absolute atomic E-state index is 9.90. The van der Waals surface area contributed by atoms with E-state index in [1.54, 1.807) is 24.4 Å². The molecule has 0 saturated carbocycles. The lowest BCUT2D eigenvalue weighted by Gasteiger charge is -2.11. The van der Waals surface area contributed by atoms with E-state index < -0.39 is 0 Å². The van der Waals surface area contributed by atoms with Crippen LogP contribution in [0.1, 0.15) is 5.69 Å². The highest BCUT2D eigenvalue weighted by Crippen LogP contribution is 2.36. The lowest BCUT2D eigenvalue weighted by Crippen LogP contribution is -1.90. The molecule has 120 valence electrons. The summed E-state index contributed by atoms with van der Waals surface area (Å²) in [5.74, 6) is 1.84. The number of benzene rings is 2. The van der Waals surface area contributed by atoms with Crippen LogP contribution in [-0.2, 0) is 0 Å². The minimum atomic E-state index is 0.0545. The smallest absolute Gasteiger partial charge is 0.161 e. The molecule has 2 aromatic heterocycles. The first-order chi connectivity index (χ1) is 11.6. The van der Waals surface area contributed by atoms with Crippen LogP contribution >= 0.6 is 0 Å². The second-order valence-electron chi connectivity index (χ2n) is 5.65. The largest absolute Gasteiger partial charge is 0.504 e. The van der Waals surface area contributed by atoms with Gasteiger partial charge in [-0.25, -0.2) is 0 Å². The number of hydrogen-bond donors (Lipinski definition) is 2. The summed E-state index contributed by atoms with van der Waals surface area (Å²) in [5, 5.41) is 11.8. The number of aromatic nitrogens is 2. The molecule has 0 aliphatic carbocycles. The van der Waals surface area contributed by atoms with Crippen molar-refractivity contribution in [3.05, 3.63) is 54.4 Å². The summed E-state index contributed by atoms with van der Waals surface area (Å²) in [6.45, 7) is 2.02. The molecule has 0 aliphatic heterocycles. The van der Waals surface area contributed by atoms with Crippen molar-refractivity contribution in [2.75, 3.05) is 7.11 Å². The molecule has 2 heterocycles. The highest BCUT2D eigenvalue weighted by Gasteiger charge is 2.10. The molecular formula is C19H16N2O3. The molecule has 0 radical (unpaired) electrons. The molecule has 0 amide bonds. The first kappa shape index (κ1) is 14.4. The molecule has 0 saturated heterocycles. The molecule has 0 atom stereocenters. The van der Waals surface area contributed by atoms with Crippen molar-refractivity contribution in [3.8, 4) is 23.0 Å². The summed E-state index contributed by atoms with van der Waals surface area (Å²) < 4.78 is 11.2. The van der Waals surface area contributed by atoms with Gasteiger partial charge in [0, 0.05) is 34.2 Å². The Hall–Kier alpha value is -3.21. The predicted molar refractivity (Wildman–Crippen MR) is 93.1 cm³/mol. The number of H-pyrrole nitrogens is 1.